The Kier molecular flexibility index (Phi) is 3.66. The van der Waals surface area contributed by atoms with Gasteiger partial charge in [-0.25, -0.2) is 0 Å². The molecule has 0 saturated heterocycles. The van der Waals surface area contributed by atoms with Crippen molar-refractivity contribution in [1.29, 1.82) is 0 Å². The minimum atomic E-state index is -1.15. The van der Waals surface area contributed by atoms with Gasteiger partial charge < -0.3 is 19.9 Å². The molecular formula is C12H13NO5. The highest BCUT2D eigenvalue weighted by molar-refractivity contribution is 5.93. The Bertz CT molecular complexity index is 460. The van der Waals surface area contributed by atoms with E-state index in [9.17, 15) is 9.59 Å². The number of ether oxygens (including phenoxy) is 2. The fraction of sp³-hybridized carbons (Fsp3) is 0.333. The van der Waals surface area contributed by atoms with E-state index in [0.29, 0.717) is 18.1 Å². The minimum absolute atomic E-state index is 0.223. The summed E-state index contributed by atoms with van der Waals surface area (Å²) in [4.78, 5) is 21.5. The third-order valence-electron chi connectivity index (χ3n) is 2.41. The summed E-state index contributed by atoms with van der Waals surface area (Å²) in [6.07, 6.45) is -0.845. The zero-order chi connectivity index (χ0) is 13.0. The number of carbonyl (C=O) groups excluding carboxylic acids is 1. The van der Waals surface area contributed by atoms with Gasteiger partial charge in [0.25, 0.3) is 0 Å². The molecule has 2 N–H and O–H groups in total. The van der Waals surface area contributed by atoms with Crippen LogP contribution in [-0.2, 0) is 9.59 Å². The van der Waals surface area contributed by atoms with E-state index in [1.807, 2.05) is 12.1 Å². The Hall–Kier alpha value is -2.24. The summed E-state index contributed by atoms with van der Waals surface area (Å²) in [6, 6.07) is 7.25. The Balaban J connectivity index is 1.83. The van der Waals surface area contributed by atoms with Gasteiger partial charge in [-0.15, -0.1) is 0 Å². The molecule has 1 unspecified atom stereocenters. The Morgan fingerprint density at radius 3 is 2.78 bits per heavy atom. The molecule has 0 bridgehead atoms. The minimum Gasteiger partial charge on any atom is -0.486 e. The predicted octanol–water partition coefficient (Wildman–Crippen LogP) is 0.417. The van der Waals surface area contributed by atoms with Gasteiger partial charge >= 0.3 is 5.97 Å². The molecule has 1 aliphatic heterocycles. The second-order valence-corrected chi connectivity index (χ2v) is 3.87. The van der Waals surface area contributed by atoms with Crippen molar-refractivity contribution < 1.29 is 24.2 Å². The van der Waals surface area contributed by atoms with Gasteiger partial charge in [-0.2, -0.15) is 0 Å². The van der Waals surface area contributed by atoms with Crippen molar-refractivity contribution in [1.82, 2.24) is 5.32 Å². The normalized spacial score (nSPS) is 17.0. The van der Waals surface area contributed by atoms with Gasteiger partial charge in [0.2, 0.25) is 5.91 Å². The molecule has 1 heterocycles. The van der Waals surface area contributed by atoms with E-state index in [1.165, 1.54) is 0 Å². The average molecular weight is 251 g/mol. The van der Waals surface area contributed by atoms with Gasteiger partial charge in [0.15, 0.2) is 11.5 Å². The van der Waals surface area contributed by atoms with E-state index in [2.05, 4.69) is 5.32 Å². The number of carboxylic acid groups (broad SMARTS) is 1. The number of rotatable bonds is 4. The highest BCUT2D eigenvalue weighted by Gasteiger charge is 2.21. The largest absolute Gasteiger partial charge is 0.486 e. The van der Waals surface area contributed by atoms with Crippen molar-refractivity contribution in [2.75, 3.05) is 13.2 Å². The Labute approximate surface area is 104 Å². The zero-order valence-corrected chi connectivity index (χ0v) is 9.59. The van der Waals surface area contributed by atoms with Crippen LogP contribution in [0, 0.1) is 0 Å². The maximum atomic E-state index is 11.2. The van der Waals surface area contributed by atoms with Gasteiger partial charge in [-0.1, -0.05) is 12.1 Å². The van der Waals surface area contributed by atoms with Gasteiger partial charge in [-0.3, -0.25) is 9.59 Å². The van der Waals surface area contributed by atoms with Gasteiger partial charge in [-0.05, 0) is 12.1 Å². The van der Waals surface area contributed by atoms with E-state index in [1.54, 1.807) is 12.1 Å². The van der Waals surface area contributed by atoms with Crippen molar-refractivity contribution in [2.45, 2.75) is 12.5 Å². The number of amides is 1. The first-order valence-corrected chi connectivity index (χ1v) is 5.52. The van der Waals surface area contributed by atoms with E-state index in [0.717, 1.165) is 0 Å². The van der Waals surface area contributed by atoms with Crippen LogP contribution in [0.25, 0.3) is 0 Å². The van der Waals surface area contributed by atoms with Gasteiger partial charge in [0.05, 0.1) is 6.54 Å². The molecule has 18 heavy (non-hydrogen) atoms. The summed E-state index contributed by atoms with van der Waals surface area (Å²) >= 11 is 0. The summed E-state index contributed by atoms with van der Waals surface area (Å²) in [6.45, 7) is 0.546. The highest BCUT2D eigenvalue weighted by atomic mass is 16.6. The van der Waals surface area contributed by atoms with Crippen LogP contribution in [0.3, 0.4) is 0 Å². The number of carbonyl (C=O) groups is 2. The Morgan fingerprint density at radius 1 is 1.33 bits per heavy atom. The van der Waals surface area contributed by atoms with Crippen LogP contribution in [0.5, 0.6) is 11.5 Å². The molecule has 6 nitrogen and oxygen atoms in total. The lowest BCUT2D eigenvalue weighted by atomic mass is 10.2. The lowest BCUT2D eigenvalue weighted by molar-refractivity contribution is -0.140. The molecule has 1 atom stereocenters. The van der Waals surface area contributed by atoms with Crippen LogP contribution < -0.4 is 14.8 Å². The number of aliphatic carboxylic acids is 1. The molecular weight excluding hydrogens is 238 g/mol. The topological polar surface area (TPSA) is 84.9 Å². The molecule has 0 saturated carbocycles. The molecule has 0 aliphatic carbocycles. The van der Waals surface area contributed by atoms with Crippen molar-refractivity contribution in [3.63, 3.8) is 0 Å². The van der Waals surface area contributed by atoms with E-state index < -0.39 is 18.3 Å². The SMILES string of the molecule is O=C(O)CC(=O)NCC1COc2ccccc2O1. The van der Waals surface area contributed by atoms with Crippen molar-refractivity contribution in [3.8, 4) is 11.5 Å². The summed E-state index contributed by atoms with van der Waals surface area (Å²) in [5.41, 5.74) is 0. The van der Waals surface area contributed by atoms with Gasteiger partial charge in [0, 0.05) is 0 Å². The summed E-state index contributed by atoms with van der Waals surface area (Å²) in [7, 11) is 0. The first-order chi connectivity index (χ1) is 8.65. The lowest BCUT2D eigenvalue weighted by Crippen LogP contribution is -2.41. The molecule has 0 aromatic heterocycles. The van der Waals surface area contributed by atoms with Crippen LogP contribution in [0.15, 0.2) is 24.3 Å². The van der Waals surface area contributed by atoms with Crippen LogP contribution in [0.2, 0.25) is 0 Å². The molecule has 6 heteroatoms. The second kappa shape index (κ2) is 5.39. The smallest absolute Gasteiger partial charge is 0.312 e. The molecule has 1 aromatic rings. The van der Waals surface area contributed by atoms with Crippen molar-refractivity contribution in [2.24, 2.45) is 0 Å². The first kappa shape index (κ1) is 12.2. The number of hydrogen-bond acceptors (Lipinski definition) is 4. The van der Waals surface area contributed by atoms with Crippen molar-refractivity contribution >= 4 is 11.9 Å². The fourth-order valence-corrected chi connectivity index (χ4v) is 1.59. The second-order valence-electron chi connectivity index (χ2n) is 3.87. The molecule has 0 spiro atoms. The number of fused-ring (bicyclic) bond motifs is 1. The monoisotopic (exact) mass is 251 g/mol. The van der Waals surface area contributed by atoms with Crippen LogP contribution >= 0.6 is 0 Å². The summed E-state index contributed by atoms with van der Waals surface area (Å²) in [5, 5.41) is 10.9. The third kappa shape index (κ3) is 3.13. The number of para-hydroxylation sites is 2. The molecule has 2 rings (SSSR count). The van der Waals surface area contributed by atoms with E-state index >= 15 is 0 Å². The average Bonchev–Trinajstić information content (AvgIpc) is 2.35. The number of nitrogens with one attached hydrogen (secondary N) is 1. The molecule has 1 aliphatic rings. The maximum absolute atomic E-state index is 11.2. The number of hydrogen-bond donors (Lipinski definition) is 2. The first-order valence-electron chi connectivity index (χ1n) is 5.52. The third-order valence-corrected chi connectivity index (χ3v) is 2.41. The molecule has 1 amide bonds. The molecule has 96 valence electrons. The standard InChI is InChI=1S/C12H13NO5/c14-11(5-12(15)16)13-6-8-7-17-9-3-1-2-4-10(9)18-8/h1-4,8H,5-7H2,(H,13,14)(H,15,16). The lowest BCUT2D eigenvalue weighted by Gasteiger charge is -2.26. The van der Waals surface area contributed by atoms with Crippen LogP contribution in [-0.4, -0.2) is 36.2 Å². The van der Waals surface area contributed by atoms with Gasteiger partial charge in [0.1, 0.15) is 19.1 Å². The van der Waals surface area contributed by atoms with E-state index in [-0.39, 0.29) is 12.6 Å². The van der Waals surface area contributed by atoms with Crippen LogP contribution in [0.4, 0.5) is 0 Å². The van der Waals surface area contributed by atoms with E-state index in [4.69, 9.17) is 14.6 Å². The Morgan fingerprint density at radius 2 is 2.06 bits per heavy atom. The molecule has 1 aromatic carbocycles. The predicted molar refractivity (Wildman–Crippen MR) is 61.6 cm³/mol. The molecule has 0 radical (unpaired) electrons. The van der Waals surface area contributed by atoms with Crippen molar-refractivity contribution in [3.05, 3.63) is 24.3 Å². The zero-order valence-electron chi connectivity index (χ0n) is 9.59. The number of benzene rings is 1. The highest BCUT2D eigenvalue weighted by Crippen LogP contribution is 2.30. The van der Waals surface area contributed by atoms with Crippen LogP contribution in [0.1, 0.15) is 6.42 Å². The maximum Gasteiger partial charge on any atom is 0.312 e. The summed E-state index contributed by atoms with van der Waals surface area (Å²) in [5.74, 6) is -0.393. The fourth-order valence-electron chi connectivity index (χ4n) is 1.59. The summed E-state index contributed by atoms with van der Waals surface area (Å²) < 4.78 is 11.1. The molecule has 0 fully saturated rings. The number of carboxylic acids is 1. The quantitative estimate of drug-likeness (QED) is 0.757.